The van der Waals surface area contributed by atoms with Crippen molar-refractivity contribution in [1.29, 1.82) is 0 Å². The van der Waals surface area contributed by atoms with Crippen LogP contribution in [-0.2, 0) is 0 Å². The molecule has 2 aromatic rings. The van der Waals surface area contributed by atoms with Crippen LogP contribution in [0.1, 0.15) is 40.8 Å². The molecular weight excluding hydrogens is 222 g/mol. The van der Waals surface area contributed by atoms with Gasteiger partial charge in [0.2, 0.25) is 0 Å². The Kier molecular flexibility index (Phi) is 3.87. The summed E-state index contributed by atoms with van der Waals surface area (Å²) in [5.41, 5.74) is 6.53. The fourth-order valence-electron chi connectivity index (χ4n) is 2.68. The van der Waals surface area contributed by atoms with Crippen molar-refractivity contribution in [3.63, 3.8) is 0 Å². The average molecular weight is 243 g/mol. The molecule has 1 aromatic carbocycles. The van der Waals surface area contributed by atoms with Crippen LogP contribution in [0.5, 0.6) is 0 Å². The SMILES string of the molecule is CCNC(c1ccoc1)c1c(C)cc(C)cc1C. The highest BCUT2D eigenvalue weighted by atomic mass is 16.3. The van der Waals surface area contributed by atoms with Crippen molar-refractivity contribution >= 4 is 0 Å². The van der Waals surface area contributed by atoms with Gasteiger partial charge in [-0.05, 0) is 50.1 Å². The van der Waals surface area contributed by atoms with E-state index in [1.54, 1.807) is 6.26 Å². The molecule has 1 aromatic heterocycles. The molecule has 2 nitrogen and oxygen atoms in total. The van der Waals surface area contributed by atoms with E-state index in [2.05, 4.69) is 45.1 Å². The molecule has 1 unspecified atom stereocenters. The molecule has 0 spiro atoms. The van der Waals surface area contributed by atoms with E-state index in [9.17, 15) is 0 Å². The van der Waals surface area contributed by atoms with Crippen LogP contribution < -0.4 is 5.32 Å². The lowest BCUT2D eigenvalue weighted by Gasteiger charge is -2.22. The summed E-state index contributed by atoms with van der Waals surface area (Å²) < 4.78 is 5.23. The summed E-state index contributed by atoms with van der Waals surface area (Å²) in [6.45, 7) is 9.57. The molecule has 0 aliphatic heterocycles. The van der Waals surface area contributed by atoms with E-state index < -0.39 is 0 Å². The zero-order valence-electron chi connectivity index (χ0n) is 11.6. The summed E-state index contributed by atoms with van der Waals surface area (Å²) >= 11 is 0. The number of nitrogens with one attached hydrogen (secondary N) is 1. The predicted octanol–water partition coefficient (Wildman–Crippen LogP) is 3.90. The minimum absolute atomic E-state index is 0.217. The number of aryl methyl sites for hydroxylation is 3. The van der Waals surface area contributed by atoms with Crippen molar-refractivity contribution in [2.24, 2.45) is 0 Å². The lowest BCUT2D eigenvalue weighted by Crippen LogP contribution is -2.23. The third-order valence-electron chi connectivity index (χ3n) is 3.31. The fourth-order valence-corrected chi connectivity index (χ4v) is 2.68. The third kappa shape index (κ3) is 2.49. The van der Waals surface area contributed by atoms with Crippen LogP contribution in [0.4, 0.5) is 0 Å². The Bertz CT molecular complexity index is 491. The predicted molar refractivity (Wildman–Crippen MR) is 74.9 cm³/mol. The van der Waals surface area contributed by atoms with Crippen LogP contribution in [0.15, 0.2) is 35.1 Å². The number of furan rings is 1. The van der Waals surface area contributed by atoms with Crippen molar-refractivity contribution in [3.05, 3.63) is 58.5 Å². The fraction of sp³-hybridized carbons (Fsp3) is 0.375. The zero-order chi connectivity index (χ0) is 13.1. The summed E-state index contributed by atoms with van der Waals surface area (Å²) in [5, 5.41) is 3.54. The van der Waals surface area contributed by atoms with E-state index in [4.69, 9.17) is 4.42 Å². The molecule has 1 heterocycles. The Morgan fingerprint density at radius 2 is 1.83 bits per heavy atom. The van der Waals surface area contributed by atoms with Gasteiger partial charge in [0.15, 0.2) is 0 Å². The molecule has 0 saturated carbocycles. The van der Waals surface area contributed by atoms with Gasteiger partial charge in [0.1, 0.15) is 0 Å². The number of hydrogen-bond donors (Lipinski definition) is 1. The lowest BCUT2D eigenvalue weighted by atomic mass is 9.91. The molecule has 0 radical (unpaired) electrons. The van der Waals surface area contributed by atoms with Crippen molar-refractivity contribution < 1.29 is 4.42 Å². The summed E-state index contributed by atoms with van der Waals surface area (Å²) in [6, 6.07) is 6.74. The van der Waals surface area contributed by atoms with Gasteiger partial charge in [0.25, 0.3) is 0 Å². The average Bonchev–Trinajstić information content (AvgIpc) is 2.79. The van der Waals surface area contributed by atoms with Crippen LogP contribution in [0, 0.1) is 20.8 Å². The smallest absolute Gasteiger partial charge is 0.0953 e. The first-order chi connectivity index (χ1) is 8.63. The van der Waals surface area contributed by atoms with E-state index in [0.717, 1.165) is 6.54 Å². The summed E-state index contributed by atoms with van der Waals surface area (Å²) in [7, 11) is 0. The molecule has 0 aliphatic carbocycles. The number of hydrogen-bond acceptors (Lipinski definition) is 2. The van der Waals surface area contributed by atoms with Gasteiger partial charge in [-0.25, -0.2) is 0 Å². The van der Waals surface area contributed by atoms with Gasteiger partial charge in [0, 0.05) is 5.56 Å². The quantitative estimate of drug-likeness (QED) is 0.881. The molecule has 0 saturated heterocycles. The Labute approximate surface area is 109 Å². The van der Waals surface area contributed by atoms with Crippen molar-refractivity contribution in [2.45, 2.75) is 33.7 Å². The number of rotatable bonds is 4. The monoisotopic (exact) mass is 243 g/mol. The second-order valence-electron chi connectivity index (χ2n) is 4.86. The maximum absolute atomic E-state index is 5.23. The second-order valence-corrected chi connectivity index (χ2v) is 4.86. The second kappa shape index (κ2) is 5.40. The van der Waals surface area contributed by atoms with Crippen molar-refractivity contribution in [2.75, 3.05) is 6.54 Å². The molecule has 0 aliphatic rings. The van der Waals surface area contributed by atoms with Crippen molar-refractivity contribution in [3.8, 4) is 0 Å². The first-order valence-electron chi connectivity index (χ1n) is 6.46. The maximum atomic E-state index is 5.23. The molecule has 96 valence electrons. The molecule has 0 fully saturated rings. The third-order valence-corrected chi connectivity index (χ3v) is 3.31. The largest absolute Gasteiger partial charge is 0.472 e. The molecule has 1 atom stereocenters. The Balaban J connectivity index is 2.49. The molecular formula is C16H21NO. The molecule has 2 heteroatoms. The van der Waals surface area contributed by atoms with E-state index in [0.29, 0.717) is 0 Å². The Hall–Kier alpha value is -1.54. The maximum Gasteiger partial charge on any atom is 0.0953 e. The van der Waals surface area contributed by atoms with Gasteiger partial charge < -0.3 is 9.73 Å². The van der Waals surface area contributed by atoms with Gasteiger partial charge >= 0.3 is 0 Å². The summed E-state index contributed by atoms with van der Waals surface area (Å²) in [6.07, 6.45) is 3.56. The minimum Gasteiger partial charge on any atom is -0.472 e. The van der Waals surface area contributed by atoms with Crippen molar-refractivity contribution in [1.82, 2.24) is 5.32 Å². The number of benzene rings is 1. The van der Waals surface area contributed by atoms with Gasteiger partial charge in [-0.3, -0.25) is 0 Å². The molecule has 18 heavy (non-hydrogen) atoms. The van der Waals surface area contributed by atoms with Gasteiger partial charge in [-0.1, -0.05) is 24.6 Å². The molecule has 2 rings (SSSR count). The highest BCUT2D eigenvalue weighted by Gasteiger charge is 2.18. The Morgan fingerprint density at radius 3 is 2.33 bits per heavy atom. The zero-order valence-corrected chi connectivity index (χ0v) is 11.6. The molecule has 1 N–H and O–H groups in total. The van der Waals surface area contributed by atoms with Crippen LogP contribution in [0.2, 0.25) is 0 Å². The molecule has 0 amide bonds. The van der Waals surface area contributed by atoms with Gasteiger partial charge in [0.05, 0.1) is 18.6 Å². The van der Waals surface area contributed by atoms with Crippen LogP contribution in [0.3, 0.4) is 0 Å². The first kappa shape index (κ1) is 12.9. The minimum atomic E-state index is 0.217. The van der Waals surface area contributed by atoms with Crippen LogP contribution >= 0.6 is 0 Å². The summed E-state index contributed by atoms with van der Waals surface area (Å²) in [5.74, 6) is 0. The van der Waals surface area contributed by atoms with E-state index in [1.807, 2.05) is 12.3 Å². The Morgan fingerprint density at radius 1 is 1.17 bits per heavy atom. The standard InChI is InChI=1S/C16H21NO/c1-5-17-16(14-6-7-18-10-14)15-12(3)8-11(2)9-13(15)4/h6-10,16-17H,5H2,1-4H3. The van der Waals surface area contributed by atoms with Crippen LogP contribution in [0.25, 0.3) is 0 Å². The van der Waals surface area contributed by atoms with E-state index >= 15 is 0 Å². The van der Waals surface area contributed by atoms with E-state index in [-0.39, 0.29) is 6.04 Å². The van der Waals surface area contributed by atoms with Gasteiger partial charge in [-0.2, -0.15) is 0 Å². The van der Waals surface area contributed by atoms with E-state index in [1.165, 1.54) is 27.8 Å². The highest BCUT2D eigenvalue weighted by Crippen LogP contribution is 2.29. The topological polar surface area (TPSA) is 25.2 Å². The first-order valence-corrected chi connectivity index (χ1v) is 6.46. The molecule has 0 bridgehead atoms. The van der Waals surface area contributed by atoms with Crippen LogP contribution in [-0.4, -0.2) is 6.54 Å². The summed E-state index contributed by atoms with van der Waals surface area (Å²) in [4.78, 5) is 0. The lowest BCUT2D eigenvalue weighted by molar-refractivity contribution is 0.552. The van der Waals surface area contributed by atoms with Gasteiger partial charge in [-0.15, -0.1) is 0 Å². The normalized spacial score (nSPS) is 12.7. The highest BCUT2D eigenvalue weighted by molar-refractivity contribution is 5.43.